The zero-order valence-corrected chi connectivity index (χ0v) is 19.3. The van der Waals surface area contributed by atoms with Gasteiger partial charge in [0.05, 0.1) is 43.9 Å². The lowest BCUT2D eigenvalue weighted by molar-refractivity contribution is -0.134. The minimum atomic E-state index is -0.535. The third-order valence-electron chi connectivity index (χ3n) is 5.15. The lowest BCUT2D eigenvalue weighted by atomic mass is 10.1. The molecular weight excluding hydrogens is 416 g/mol. The van der Waals surface area contributed by atoms with Crippen LogP contribution in [-0.2, 0) is 22.7 Å². The first kappa shape index (κ1) is 23.0. The van der Waals surface area contributed by atoms with E-state index in [4.69, 9.17) is 9.47 Å². The molecule has 0 radical (unpaired) electrons. The van der Waals surface area contributed by atoms with Gasteiger partial charge < -0.3 is 20.1 Å². The van der Waals surface area contributed by atoms with Crippen LogP contribution in [0, 0.1) is 0 Å². The van der Waals surface area contributed by atoms with Crippen LogP contribution in [0.5, 0.6) is 11.5 Å². The summed E-state index contributed by atoms with van der Waals surface area (Å²) in [5, 5.41) is 8.78. The predicted octanol–water partition coefficient (Wildman–Crippen LogP) is 2.29. The van der Waals surface area contributed by atoms with Gasteiger partial charge >= 0.3 is 0 Å². The molecule has 1 aromatic carbocycles. The number of benzene rings is 1. The second-order valence-corrected chi connectivity index (χ2v) is 8.70. The van der Waals surface area contributed by atoms with Crippen LogP contribution in [0.3, 0.4) is 0 Å². The summed E-state index contributed by atoms with van der Waals surface area (Å²) >= 11 is 1.60. The largest absolute Gasteiger partial charge is 0.497 e. The van der Waals surface area contributed by atoms with E-state index < -0.39 is 6.04 Å². The summed E-state index contributed by atoms with van der Waals surface area (Å²) in [7, 11) is 3.21. The predicted molar refractivity (Wildman–Crippen MR) is 119 cm³/mol. The fourth-order valence-corrected chi connectivity index (χ4v) is 4.31. The van der Waals surface area contributed by atoms with Crippen molar-refractivity contribution in [2.45, 2.75) is 45.3 Å². The molecule has 2 amide bonds. The number of nitrogens with zero attached hydrogens (tertiary/aromatic N) is 2. The van der Waals surface area contributed by atoms with Crippen LogP contribution in [0.1, 0.15) is 42.5 Å². The summed E-state index contributed by atoms with van der Waals surface area (Å²) < 4.78 is 10.7. The first-order valence-electron chi connectivity index (χ1n) is 10.3. The summed E-state index contributed by atoms with van der Waals surface area (Å²) in [6.07, 6.45) is 0.0914. The van der Waals surface area contributed by atoms with Crippen LogP contribution in [0.2, 0.25) is 0 Å². The van der Waals surface area contributed by atoms with Crippen LogP contribution in [0.25, 0.3) is 0 Å². The first-order valence-corrected chi connectivity index (χ1v) is 11.2. The number of piperazine rings is 1. The van der Waals surface area contributed by atoms with Gasteiger partial charge in [0.25, 0.3) is 0 Å². The number of methoxy groups -OCH3 is 2. The van der Waals surface area contributed by atoms with Crippen molar-refractivity contribution in [2.24, 2.45) is 0 Å². The third kappa shape index (κ3) is 6.18. The molecule has 1 atom stereocenters. The maximum Gasteiger partial charge on any atom is 0.237 e. The fourth-order valence-electron chi connectivity index (χ4n) is 3.47. The van der Waals surface area contributed by atoms with Gasteiger partial charge in [-0.3, -0.25) is 14.5 Å². The molecule has 8 nitrogen and oxygen atoms in total. The number of carbonyl (C=O) groups excluding carboxylic acids is 2. The molecule has 1 aliphatic rings. The van der Waals surface area contributed by atoms with Crippen molar-refractivity contribution >= 4 is 23.2 Å². The molecule has 168 valence electrons. The van der Waals surface area contributed by atoms with Gasteiger partial charge in [0, 0.05) is 37.0 Å². The van der Waals surface area contributed by atoms with E-state index in [1.54, 1.807) is 31.6 Å². The van der Waals surface area contributed by atoms with E-state index in [1.165, 1.54) is 0 Å². The Bertz CT molecular complexity index is 892. The second kappa shape index (κ2) is 10.6. The fraction of sp³-hybridized carbons (Fsp3) is 0.500. The zero-order chi connectivity index (χ0) is 22.4. The van der Waals surface area contributed by atoms with E-state index in [2.05, 4.69) is 29.5 Å². The highest BCUT2D eigenvalue weighted by Crippen LogP contribution is 2.25. The SMILES string of the molecule is COc1cc(CN2CCNC(=O)[C@@H]2CC(=O)NCc2csc(C(C)C)n2)cc(OC)c1. The van der Waals surface area contributed by atoms with Crippen LogP contribution in [0.15, 0.2) is 23.6 Å². The molecule has 3 rings (SSSR count). The molecule has 0 bridgehead atoms. The maximum absolute atomic E-state index is 12.6. The third-order valence-corrected chi connectivity index (χ3v) is 6.34. The van der Waals surface area contributed by atoms with E-state index >= 15 is 0 Å². The molecule has 2 heterocycles. The van der Waals surface area contributed by atoms with Gasteiger partial charge in [0.15, 0.2) is 0 Å². The highest BCUT2D eigenvalue weighted by molar-refractivity contribution is 7.09. The lowest BCUT2D eigenvalue weighted by Crippen LogP contribution is -2.56. The minimum absolute atomic E-state index is 0.0914. The molecule has 0 unspecified atom stereocenters. The topological polar surface area (TPSA) is 92.8 Å². The van der Waals surface area contributed by atoms with Crippen molar-refractivity contribution in [3.05, 3.63) is 39.8 Å². The highest BCUT2D eigenvalue weighted by Gasteiger charge is 2.31. The van der Waals surface area contributed by atoms with Crippen molar-refractivity contribution in [3.8, 4) is 11.5 Å². The Kier molecular flexibility index (Phi) is 7.86. The van der Waals surface area contributed by atoms with Gasteiger partial charge in [-0.05, 0) is 17.7 Å². The molecule has 0 saturated carbocycles. The Morgan fingerprint density at radius 3 is 2.61 bits per heavy atom. The molecule has 0 aliphatic carbocycles. The Morgan fingerprint density at radius 1 is 1.29 bits per heavy atom. The number of hydrogen-bond acceptors (Lipinski definition) is 7. The number of carbonyl (C=O) groups is 2. The number of nitrogens with one attached hydrogen (secondary N) is 2. The summed E-state index contributed by atoms with van der Waals surface area (Å²) in [6, 6.07) is 5.11. The molecule has 1 saturated heterocycles. The maximum atomic E-state index is 12.6. The number of ether oxygens (including phenoxy) is 2. The van der Waals surface area contributed by atoms with Gasteiger partial charge in [-0.15, -0.1) is 11.3 Å². The number of rotatable bonds is 9. The van der Waals surface area contributed by atoms with Crippen molar-refractivity contribution < 1.29 is 19.1 Å². The van der Waals surface area contributed by atoms with Crippen LogP contribution in [0.4, 0.5) is 0 Å². The van der Waals surface area contributed by atoms with Gasteiger partial charge in [-0.25, -0.2) is 4.98 Å². The van der Waals surface area contributed by atoms with E-state index in [1.807, 2.05) is 22.4 Å². The molecule has 9 heteroatoms. The molecule has 1 fully saturated rings. The lowest BCUT2D eigenvalue weighted by Gasteiger charge is -2.34. The molecule has 0 spiro atoms. The van der Waals surface area contributed by atoms with Gasteiger partial charge in [0.1, 0.15) is 11.5 Å². The van der Waals surface area contributed by atoms with Gasteiger partial charge in [-0.2, -0.15) is 0 Å². The molecule has 2 N–H and O–H groups in total. The highest BCUT2D eigenvalue weighted by atomic mass is 32.1. The smallest absolute Gasteiger partial charge is 0.237 e. The van der Waals surface area contributed by atoms with Crippen LogP contribution < -0.4 is 20.1 Å². The zero-order valence-electron chi connectivity index (χ0n) is 18.4. The van der Waals surface area contributed by atoms with E-state index in [0.29, 0.717) is 43.6 Å². The average Bonchev–Trinajstić information content (AvgIpc) is 3.24. The minimum Gasteiger partial charge on any atom is -0.497 e. The van der Waals surface area contributed by atoms with Gasteiger partial charge in [-0.1, -0.05) is 13.8 Å². The average molecular weight is 447 g/mol. The van der Waals surface area contributed by atoms with Crippen LogP contribution in [-0.4, -0.2) is 55.0 Å². The van der Waals surface area contributed by atoms with E-state index in [-0.39, 0.29) is 18.2 Å². The number of thiazole rings is 1. The Morgan fingerprint density at radius 2 is 2.00 bits per heavy atom. The molecule has 2 aromatic rings. The second-order valence-electron chi connectivity index (χ2n) is 7.81. The summed E-state index contributed by atoms with van der Waals surface area (Å²) in [6.45, 7) is 6.28. The van der Waals surface area contributed by atoms with E-state index in [9.17, 15) is 9.59 Å². The Hall–Kier alpha value is -2.65. The molecular formula is C22H30N4O4S. The van der Waals surface area contributed by atoms with Crippen molar-refractivity contribution in [3.63, 3.8) is 0 Å². The number of amides is 2. The van der Waals surface area contributed by atoms with Crippen molar-refractivity contribution in [1.82, 2.24) is 20.5 Å². The number of hydrogen-bond donors (Lipinski definition) is 2. The Labute approximate surface area is 186 Å². The quantitative estimate of drug-likeness (QED) is 0.614. The summed E-state index contributed by atoms with van der Waals surface area (Å²) in [5.41, 5.74) is 1.80. The van der Waals surface area contributed by atoms with Crippen molar-refractivity contribution in [1.29, 1.82) is 0 Å². The normalized spacial score (nSPS) is 16.8. The monoisotopic (exact) mass is 446 g/mol. The first-order chi connectivity index (χ1) is 14.9. The van der Waals surface area contributed by atoms with Crippen LogP contribution >= 0.6 is 11.3 Å². The number of aromatic nitrogens is 1. The van der Waals surface area contributed by atoms with Gasteiger partial charge in [0.2, 0.25) is 11.8 Å². The van der Waals surface area contributed by atoms with Crippen molar-refractivity contribution in [2.75, 3.05) is 27.3 Å². The standard InChI is InChI=1S/C22H30N4O4S/c1-14(2)22-25-16(13-31-22)11-24-20(27)10-19-21(28)23-5-6-26(19)12-15-7-17(29-3)9-18(8-15)30-4/h7-9,13-14,19H,5-6,10-12H2,1-4H3,(H,23,28)(H,24,27)/t19-/m0/s1. The molecule has 1 aliphatic heterocycles. The Balaban J connectivity index is 1.63. The summed E-state index contributed by atoms with van der Waals surface area (Å²) in [5.74, 6) is 1.44. The summed E-state index contributed by atoms with van der Waals surface area (Å²) in [4.78, 5) is 31.7. The molecule has 31 heavy (non-hydrogen) atoms. The molecule has 1 aromatic heterocycles. The van der Waals surface area contributed by atoms with E-state index in [0.717, 1.165) is 16.3 Å².